The van der Waals surface area contributed by atoms with Crippen molar-refractivity contribution in [3.05, 3.63) is 25.4 Å². The average molecular weight is 137 g/mol. The van der Waals surface area contributed by atoms with Crippen molar-refractivity contribution in [1.82, 2.24) is 4.90 Å². The van der Waals surface area contributed by atoms with Gasteiger partial charge in [-0.15, -0.1) is 6.58 Å². The van der Waals surface area contributed by atoms with Crippen LogP contribution in [0.1, 0.15) is 19.3 Å². The molecule has 0 N–H and O–H groups in total. The minimum atomic E-state index is 0.547. The molecule has 1 heterocycles. The van der Waals surface area contributed by atoms with Gasteiger partial charge in [-0.2, -0.15) is 0 Å². The number of nitrogens with zero attached hydrogens (tertiary/aromatic N) is 1. The minimum absolute atomic E-state index is 0.547. The largest absolute Gasteiger partial charge is 0.372 e. The zero-order chi connectivity index (χ0) is 7.40. The standard InChI is InChI=1S/C9H15N/c1-3-9-7-5-6-8-10(9)4-2/h3-4,9H,1-2,5-8H2. The lowest BCUT2D eigenvalue weighted by Gasteiger charge is -2.32. The molecule has 0 radical (unpaired) electrons. The lowest BCUT2D eigenvalue weighted by atomic mass is 10.0. The van der Waals surface area contributed by atoms with Crippen LogP contribution in [0.15, 0.2) is 25.4 Å². The van der Waals surface area contributed by atoms with Crippen LogP contribution < -0.4 is 0 Å². The second-order valence-corrected chi connectivity index (χ2v) is 2.72. The summed E-state index contributed by atoms with van der Waals surface area (Å²) in [6, 6.07) is 0.547. The van der Waals surface area contributed by atoms with Gasteiger partial charge in [0.05, 0.1) is 0 Å². The van der Waals surface area contributed by atoms with Gasteiger partial charge >= 0.3 is 0 Å². The molecule has 1 rings (SSSR count). The summed E-state index contributed by atoms with van der Waals surface area (Å²) in [5, 5.41) is 0. The maximum absolute atomic E-state index is 3.79. The smallest absolute Gasteiger partial charge is 0.0464 e. The van der Waals surface area contributed by atoms with Crippen LogP contribution in [0.25, 0.3) is 0 Å². The van der Waals surface area contributed by atoms with Crippen molar-refractivity contribution in [2.45, 2.75) is 25.3 Å². The molecule has 0 aromatic heterocycles. The molecule has 1 nitrogen and oxygen atoms in total. The normalized spacial score (nSPS) is 26.0. The molecule has 1 saturated heterocycles. The number of rotatable bonds is 2. The molecule has 56 valence electrons. The highest BCUT2D eigenvalue weighted by Gasteiger charge is 2.14. The van der Waals surface area contributed by atoms with Gasteiger partial charge < -0.3 is 4.90 Å². The molecule has 1 heteroatoms. The van der Waals surface area contributed by atoms with Crippen LogP contribution in [0, 0.1) is 0 Å². The van der Waals surface area contributed by atoms with Crippen LogP contribution in [0.2, 0.25) is 0 Å². The highest BCUT2D eigenvalue weighted by Crippen LogP contribution is 2.16. The van der Waals surface area contributed by atoms with Gasteiger partial charge in [0.1, 0.15) is 0 Å². The molecule has 0 saturated carbocycles. The summed E-state index contributed by atoms with van der Waals surface area (Å²) in [4.78, 5) is 2.26. The number of likely N-dealkylation sites (tertiary alicyclic amines) is 1. The summed E-state index contributed by atoms with van der Waals surface area (Å²) in [7, 11) is 0. The Morgan fingerprint density at radius 3 is 2.60 bits per heavy atom. The third kappa shape index (κ3) is 1.41. The summed E-state index contributed by atoms with van der Waals surface area (Å²) in [5.74, 6) is 0. The molecule has 10 heavy (non-hydrogen) atoms. The number of piperidine rings is 1. The molecule has 1 unspecified atom stereocenters. The average Bonchev–Trinajstić information content (AvgIpc) is 2.04. The van der Waals surface area contributed by atoms with Gasteiger partial charge in [-0.25, -0.2) is 0 Å². The lowest BCUT2D eigenvalue weighted by Crippen LogP contribution is -2.33. The summed E-state index contributed by atoms with van der Waals surface area (Å²) in [6.07, 6.45) is 7.82. The second kappa shape index (κ2) is 3.45. The van der Waals surface area contributed by atoms with E-state index in [1.807, 2.05) is 12.3 Å². The van der Waals surface area contributed by atoms with E-state index < -0.39 is 0 Å². The first-order valence-corrected chi connectivity index (χ1v) is 3.89. The van der Waals surface area contributed by atoms with Crippen LogP contribution in [-0.2, 0) is 0 Å². The molecule has 0 bridgehead atoms. The van der Waals surface area contributed by atoms with E-state index in [9.17, 15) is 0 Å². The SMILES string of the molecule is C=CC1CCCCN1C=C. The van der Waals surface area contributed by atoms with E-state index in [1.165, 1.54) is 19.3 Å². The van der Waals surface area contributed by atoms with Crippen LogP contribution in [0.4, 0.5) is 0 Å². The van der Waals surface area contributed by atoms with Gasteiger partial charge in [0.2, 0.25) is 0 Å². The Hall–Kier alpha value is -0.720. The van der Waals surface area contributed by atoms with Crippen molar-refractivity contribution in [1.29, 1.82) is 0 Å². The Labute approximate surface area is 63.0 Å². The van der Waals surface area contributed by atoms with Gasteiger partial charge in [0, 0.05) is 12.6 Å². The Balaban J connectivity index is 2.49. The topological polar surface area (TPSA) is 3.24 Å². The third-order valence-electron chi connectivity index (χ3n) is 2.10. The monoisotopic (exact) mass is 137 g/mol. The summed E-state index contributed by atoms with van der Waals surface area (Å²) in [5.41, 5.74) is 0. The highest BCUT2D eigenvalue weighted by molar-refractivity contribution is 4.93. The molecular formula is C9H15N. The molecule has 0 aromatic carbocycles. The Bertz CT molecular complexity index is 113. The molecule has 1 aliphatic heterocycles. The van der Waals surface area contributed by atoms with Gasteiger partial charge in [-0.3, -0.25) is 0 Å². The van der Waals surface area contributed by atoms with Crippen molar-refractivity contribution in [3.63, 3.8) is 0 Å². The number of hydrogen-bond acceptors (Lipinski definition) is 1. The molecule has 0 aliphatic carbocycles. The van der Waals surface area contributed by atoms with E-state index in [-0.39, 0.29) is 0 Å². The van der Waals surface area contributed by atoms with Gasteiger partial charge in [0.15, 0.2) is 0 Å². The first-order chi connectivity index (χ1) is 4.88. The summed E-state index contributed by atoms with van der Waals surface area (Å²) in [6.45, 7) is 8.71. The second-order valence-electron chi connectivity index (χ2n) is 2.72. The van der Waals surface area contributed by atoms with E-state index in [0.717, 1.165) is 6.54 Å². The summed E-state index contributed by atoms with van der Waals surface area (Å²) >= 11 is 0. The minimum Gasteiger partial charge on any atom is -0.372 e. The van der Waals surface area contributed by atoms with Crippen LogP contribution in [-0.4, -0.2) is 17.5 Å². The molecule has 1 atom stereocenters. The van der Waals surface area contributed by atoms with Gasteiger partial charge in [0.25, 0.3) is 0 Å². The predicted molar refractivity (Wildman–Crippen MR) is 44.7 cm³/mol. The van der Waals surface area contributed by atoms with Crippen LogP contribution >= 0.6 is 0 Å². The fraction of sp³-hybridized carbons (Fsp3) is 0.556. The van der Waals surface area contributed by atoms with E-state index >= 15 is 0 Å². The number of hydrogen-bond donors (Lipinski definition) is 0. The fourth-order valence-corrected chi connectivity index (χ4v) is 1.46. The lowest BCUT2D eigenvalue weighted by molar-refractivity contribution is 0.253. The summed E-state index contributed by atoms with van der Waals surface area (Å²) < 4.78 is 0. The molecule has 0 spiro atoms. The van der Waals surface area contributed by atoms with Crippen molar-refractivity contribution in [2.75, 3.05) is 6.54 Å². The fourth-order valence-electron chi connectivity index (χ4n) is 1.46. The molecular weight excluding hydrogens is 122 g/mol. The van der Waals surface area contributed by atoms with Crippen molar-refractivity contribution in [2.24, 2.45) is 0 Å². The van der Waals surface area contributed by atoms with Crippen LogP contribution in [0.3, 0.4) is 0 Å². The van der Waals surface area contributed by atoms with Gasteiger partial charge in [-0.1, -0.05) is 12.7 Å². The third-order valence-corrected chi connectivity index (χ3v) is 2.10. The maximum atomic E-state index is 3.79. The van der Waals surface area contributed by atoms with Crippen molar-refractivity contribution < 1.29 is 0 Å². The Morgan fingerprint density at radius 2 is 2.10 bits per heavy atom. The van der Waals surface area contributed by atoms with E-state index in [2.05, 4.69) is 18.1 Å². The Morgan fingerprint density at radius 1 is 1.30 bits per heavy atom. The quantitative estimate of drug-likeness (QED) is 0.527. The molecule has 0 amide bonds. The first kappa shape index (κ1) is 7.39. The zero-order valence-corrected chi connectivity index (χ0v) is 6.42. The molecule has 1 aliphatic rings. The van der Waals surface area contributed by atoms with Crippen LogP contribution in [0.5, 0.6) is 0 Å². The Kier molecular flexibility index (Phi) is 2.55. The van der Waals surface area contributed by atoms with Crippen molar-refractivity contribution in [3.8, 4) is 0 Å². The van der Waals surface area contributed by atoms with E-state index in [4.69, 9.17) is 0 Å². The highest BCUT2D eigenvalue weighted by atomic mass is 15.1. The molecule has 1 fully saturated rings. The molecule has 0 aromatic rings. The first-order valence-electron chi connectivity index (χ1n) is 3.89. The van der Waals surface area contributed by atoms with E-state index in [1.54, 1.807) is 0 Å². The maximum Gasteiger partial charge on any atom is 0.0464 e. The van der Waals surface area contributed by atoms with Gasteiger partial charge in [-0.05, 0) is 25.5 Å². The van der Waals surface area contributed by atoms with E-state index in [0.29, 0.717) is 6.04 Å². The van der Waals surface area contributed by atoms with Crippen molar-refractivity contribution >= 4 is 0 Å². The zero-order valence-electron chi connectivity index (χ0n) is 6.42. The predicted octanol–water partition coefficient (Wildman–Crippen LogP) is 2.17.